The molecule has 3 rings (SSSR count). The van der Waals surface area contributed by atoms with E-state index in [0.29, 0.717) is 6.42 Å². The van der Waals surface area contributed by atoms with Crippen molar-refractivity contribution in [2.24, 2.45) is 0 Å². The second-order valence-electron chi connectivity index (χ2n) is 4.49. The molecule has 96 valence electrons. The number of fused-ring (bicyclic) bond motifs is 1. The fourth-order valence-electron chi connectivity index (χ4n) is 2.22. The second-order valence-corrected chi connectivity index (χ2v) is 5.93. The maximum Gasteiger partial charge on any atom is 0.123 e. The van der Waals surface area contributed by atoms with Crippen LogP contribution < -0.4 is 0 Å². The Morgan fingerprint density at radius 2 is 1.95 bits per heavy atom. The zero-order valence-electron chi connectivity index (χ0n) is 10.1. The Morgan fingerprint density at radius 1 is 1.11 bits per heavy atom. The molecule has 19 heavy (non-hydrogen) atoms. The summed E-state index contributed by atoms with van der Waals surface area (Å²) in [6.07, 6.45) is 0.639. The predicted octanol–water partition coefficient (Wildman–Crippen LogP) is 5.56. The van der Waals surface area contributed by atoms with Gasteiger partial charge in [0.1, 0.15) is 5.82 Å². The van der Waals surface area contributed by atoms with E-state index in [9.17, 15) is 4.39 Å². The molecule has 0 saturated heterocycles. The molecule has 0 aliphatic carbocycles. The Kier molecular flexibility index (Phi) is 3.54. The molecule has 0 spiro atoms. The summed E-state index contributed by atoms with van der Waals surface area (Å²) in [6.45, 7) is 0. The summed E-state index contributed by atoms with van der Waals surface area (Å²) in [5.41, 5.74) is 2.06. The highest BCUT2D eigenvalue weighted by molar-refractivity contribution is 7.17. The highest BCUT2D eigenvalue weighted by Crippen LogP contribution is 2.35. The van der Waals surface area contributed by atoms with Crippen LogP contribution in [0.1, 0.15) is 16.5 Å². The number of hydrogen-bond donors (Lipinski definition) is 0. The van der Waals surface area contributed by atoms with Crippen LogP contribution in [0.25, 0.3) is 10.1 Å². The minimum Gasteiger partial charge on any atom is -0.207 e. The van der Waals surface area contributed by atoms with E-state index >= 15 is 0 Å². The average Bonchev–Trinajstić information content (AvgIpc) is 2.82. The quantitative estimate of drug-likeness (QED) is 0.554. The van der Waals surface area contributed by atoms with Crippen molar-refractivity contribution in [1.29, 1.82) is 0 Å². The molecule has 0 fully saturated rings. The first-order valence-electron chi connectivity index (χ1n) is 6.08. The van der Waals surface area contributed by atoms with Gasteiger partial charge in [0.15, 0.2) is 0 Å². The Bertz CT molecular complexity index is 705. The van der Waals surface area contributed by atoms with Gasteiger partial charge in [-0.3, -0.25) is 0 Å². The molecule has 0 aliphatic heterocycles. The van der Waals surface area contributed by atoms with Gasteiger partial charge in [0.05, 0.1) is 5.38 Å². The maximum absolute atomic E-state index is 13.2. The van der Waals surface area contributed by atoms with Crippen LogP contribution in [-0.2, 0) is 6.42 Å². The topological polar surface area (TPSA) is 0 Å². The van der Waals surface area contributed by atoms with E-state index in [1.807, 2.05) is 18.2 Å². The molecule has 0 aliphatic rings. The first-order chi connectivity index (χ1) is 9.24. The Balaban J connectivity index is 1.90. The van der Waals surface area contributed by atoms with Crippen LogP contribution in [0.2, 0.25) is 0 Å². The van der Waals surface area contributed by atoms with Gasteiger partial charge >= 0.3 is 0 Å². The lowest BCUT2D eigenvalue weighted by molar-refractivity contribution is 0.625. The van der Waals surface area contributed by atoms with Crippen LogP contribution in [0.4, 0.5) is 4.39 Å². The van der Waals surface area contributed by atoms with Crippen molar-refractivity contribution in [3.8, 4) is 0 Å². The summed E-state index contributed by atoms with van der Waals surface area (Å²) in [7, 11) is 0. The molecule has 0 amide bonds. The molecule has 1 heterocycles. The lowest BCUT2D eigenvalue weighted by Gasteiger charge is -2.09. The molecular formula is C16H12ClFS. The van der Waals surface area contributed by atoms with Crippen molar-refractivity contribution >= 4 is 33.0 Å². The molecular weight excluding hydrogens is 279 g/mol. The van der Waals surface area contributed by atoms with Gasteiger partial charge in [-0.2, -0.15) is 0 Å². The van der Waals surface area contributed by atoms with Crippen molar-refractivity contribution in [1.82, 2.24) is 0 Å². The lowest BCUT2D eigenvalue weighted by Crippen LogP contribution is -1.95. The lowest BCUT2D eigenvalue weighted by atomic mass is 10.0. The molecule has 1 unspecified atom stereocenters. The van der Waals surface area contributed by atoms with Crippen molar-refractivity contribution in [3.05, 3.63) is 70.9 Å². The number of hydrogen-bond acceptors (Lipinski definition) is 1. The highest BCUT2D eigenvalue weighted by atomic mass is 35.5. The second kappa shape index (κ2) is 5.32. The predicted molar refractivity (Wildman–Crippen MR) is 80.5 cm³/mol. The normalized spacial score (nSPS) is 12.7. The fraction of sp³-hybridized carbons (Fsp3) is 0.125. The molecule has 2 aromatic carbocycles. The average molecular weight is 291 g/mol. The molecule has 0 nitrogen and oxygen atoms in total. The Labute approximate surface area is 120 Å². The van der Waals surface area contributed by atoms with E-state index in [0.717, 1.165) is 11.1 Å². The van der Waals surface area contributed by atoms with Gasteiger partial charge in [-0.05, 0) is 46.5 Å². The van der Waals surface area contributed by atoms with E-state index in [-0.39, 0.29) is 11.2 Å². The highest BCUT2D eigenvalue weighted by Gasteiger charge is 2.14. The van der Waals surface area contributed by atoms with Crippen molar-refractivity contribution in [2.45, 2.75) is 11.8 Å². The molecule has 0 saturated carbocycles. The van der Waals surface area contributed by atoms with Crippen LogP contribution in [0.5, 0.6) is 0 Å². The summed E-state index contributed by atoms with van der Waals surface area (Å²) >= 11 is 8.20. The third kappa shape index (κ3) is 2.65. The van der Waals surface area contributed by atoms with Crippen molar-refractivity contribution in [2.75, 3.05) is 0 Å². The molecule has 0 N–H and O–H groups in total. The van der Waals surface area contributed by atoms with Gasteiger partial charge in [0.25, 0.3) is 0 Å². The summed E-state index contributed by atoms with van der Waals surface area (Å²) in [4.78, 5) is 0. The Hall–Kier alpha value is -1.38. The van der Waals surface area contributed by atoms with Gasteiger partial charge in [-0.25, -0.2) is 4.39 Å². The van der Waals surface area contributed by atoms with Crippen LogP contribution >= 0.6 is 22.9 Å². The zero-order chi connectivity index (χ0) is 13.2. The minimum atomic E-state index is -0.212. The van der Waals surface area contributed by atoms with Crippen molar-refractivity contribution in [3.63, 3.8) is 0 Å². The van der Waals surface area contributed by atoms with E-state index in [4.69, 9.17) is 11.6 Å². The molecule has 3 aromatic rings. The van der Waals surface area contributed by atoms with Crippen LogP contribution in [0.15, 0.2) is 53.9 Å². The summed E-state index contributed by atoms with van der Waals surface area (Å²) in [5, 5.41) is 3.17. The monoisotopic (exact) mass is 290 g/mol. The van der Waals surface area contributed by atoms with Gasteiger partial charge in [-0.1, -0.05) is 30.3 Å². The molecule has 3 heteroatoms. The zero-order valence-corrected chi connectivity index (χ0v) is 11.7. The molecule has 0 bridgehead atoms. The van der Waals surface area contributed by atoms with Crippen LogP contribution in [0.3, 0.4) is 0 Å². The number of thiophene rings is 1. The summed E-state index contributed by atoms with van der Waals surface area (Å²) in [5.74, 6) is -0.212. The SMILES string of the molecule is Fc1cccc(CC(Cl)c2csc3ccccc23)c1. The number of halogens is 2. The summed E-state index contributed by atoms with van der Waals surface area (Å²) in [6, 6.07) is 14.9. The molecule has 1 atom stereocenters. The number of benzene rings is 2. The fourth-order valence-corrected chi connectivity index (χ4v) is 3.67. The van der Waals surface area contributed by atoms with E-state index in [1.165, 1.54) is 16.2 Å². The van der Waals surface area contributed by atoms with Gasteiger partial charge in [0.2, 0.25) is 0 Å². The van der Waals surface area contributed by atoms with Crippen LogP contribution in [-0.4, -0.2) is 0 Å². The largest absolute Gasteiger partial charge is 0.207 e. The molecule has 0 radical (unpaired) electrons. The van der Waals surface area contributed by atoms with Gasteiger partial charge < -0.3 is 0 Å². The molecule has 1 aromatic heterocycles. The smallest absolute Gasteiger partial charge is 0.123 e. The maximum atomic E-state index is 13.2. The summed E-state index contributed by atoms with van der Waals surface area (Å²) < 4.78 is 14.4. The first-order valence-corrected chi connectivity index (χ1v) is 7.40. The third-order valence-electron chi connectivity index (χ3n) is 3.15. The minimum absolute atomic E-state index is 0.127. The van der Waals surface area contributed by atoms with Gasteiger partial charge in [0, 0.05) is 4.70 Å². The first kappa shape index (κ1) is 12.6. The van der Waals surface area contributed by atoms with Crippen LogP contribution in [0, 0.1) is 5.82 Å². The number of rotatable bonds is 3. The van der Waals surface area contributed by atoms with E-state index in [2.05, 4.69) is 17.5 Å². The third-order valence-corrected chi connectivity index (χ3v) is 4.52. The van der Waals surface area contributed by atoms with E-state index in [1.54, 1.807) is 23.5 Å². The number of alkyl halides is 1. The standard InChI is InChI=1S/C16H12ClFS/c17-15(9-11-4-3-5-12(18)8-11)14-10-19-16-7-2-1-6-13(14)16/h1-8,10,15H,9H2. The van der Waals surface area contributed by atoms with E-state index < -0.39 is 0 Å². The Morgan fingerprint density at radius 3 is 2.79 bits per heavy atom. The van der Waals surface area contributed by atoms with Gasteiger partial charge in [-0.15, -0.1) is 22.9 Å². The van der Waals surface area contributed by atoms with Crippen molar-refractivity contribution < 1.29 is 4.39 Å².